The monoisotopic (exact) mass is 245 g/mol. The van der Waals surface area contributed by atoms with Crippen molar-refractivity contribution in [2.45, 2.75) is 25.1 Å². The third-order valence-corrected chi connectivity index (χ3v) is 2.86. The number of ether oxygens (including phenoxy) is 1. The van der Waals surface area contributed by atoms with Gasteiger partial charge in [-0.1, -0.05) is 12.1 Å². The van der Waals surface area contributed by atoms with Crippen LogP contribution in [-0.4, -0.2) is 19.5 Å². The normalized spacial score (nSPS) is 21.2. The second kappa shape index (κ2) is 4.96. The van der Waals surface area contributed by atoms with Crippen LogP contribution >= 0.6 is 0 Å². The summed E-state index contributed by atoms with van der Waals surface area (Å²) in [6, 6.07) is 6.25. The molecule has 2 nitrogen and oxygen atoms in total. The fourth-order valence-electron chi connectivity index (χ4n) is 2.10. The molecule has 0 bridgehead atoms. The predicted octanol–water partition coefficient (Wildman–Crippen LogP) is 3.05. The Labute approximate surface area is 97.8 Å². The van der Waals surface area contributed by atoms with Gasteiger partial charge in [0.05, 0.1) is 0 Å². The molecule has 0 unspecified atom stereocenters. The van der Waals surface area contributed by atoms with Crippen molar-refractivity contribution in [3.8, 4) is 5.75 Å². The molecule has 1 heterocycles. The van der Waals surface area contributed by atoms with Crippen molar-refractivity contribution >= 4 is 0 Å². The van der Waals surface area contributed by atoms with Crippen molar-refractivity contribution in [3.05, 3.63) is 29.8 Å². The van der Waals surface area contributed by atoms with Crippen LogP contribution < -0.4 is 10.1 Å². The first kappa shape index (κ1) is 12.2. The molecule has 1 aromatic carbocycles. The molecule has 1 saturated heterocycles. The smallest absolute Gasteiger partial charge is 0.406 e. The van der Waals surface area contributed by atoms with E-state index in [4.69, 9.17) is 0 Å². The van der Waals surface area contributed by atoms with Gasteiger partial charge in [0.25, 0.3) is 0 Å². The number of alkyl halides is 3. The maximum absolute atomic E-state index is 12.1. The summed E-state index contributed by atoms with van der Waals surface area (Å²) in [7, 11) is 0. The van der Waals surface area contributed by atoms with Crippen LogP contribution in [0.1, 0.15) is 24.3 Å². The van der Waals surface area contributed by atoms with Gasteiger partial charge in [0.1, 0.15) is 5.75 Å². The first-order chi connectivity index (χ1) is 8.04. The van der Waals surface area contributed by atoms with E-state index in [9.17, 15) is 13.2 Å². The highest BCUT2D eigenvalue weighted by atomic mass is 19.4. The van der Waals surface area contributed by atoms with Gasteiger partial charge in [-0.05, 0) is 43.0 Å². The molecule has 0 aliphatic carbocycles. The maximum Gasteiger partial charge on any atom is 0.573 e. The lowest BCUT2D eigenvalue weighted by Gasteiger charge is -2.23. The van der Waals surface area contributed by atoms with Crippen molar-refractivity contribution in [1.82, 2.24) is 5.32 Å². The zero-order valence-electron chi connectivity index (χ0n) is 9.26. The van der Waals surface area contributed by atoms with E-state index in [0.717, 1.165) is 31.5 Å². The van der Waals surface area contributed by atoms with Crippen molar-refractivity contribution < 1.29 is 17.9 Å². The Hall–Kier alpha value is -1.23. The number of rotatable bonds is 2. The predicted molar refractivity (Wildman–Crippen MR) is 58.0 cm³/mol. The van der Waals surface area contributed by atoms with Crippen LogP contribution in [0.4, 0.5) is 13.2 Å². The van der Waals surface area contributed by atoms with Crippen LogP contribution in [-0.2, 0) is 0 Å². The average molecular weight is 245 g/mol. The average Bonchev–Trinajstić information content (AvgIpc) is 2.28. The Morgan fingerprint density at radius 2 is 2.12 bits per heavy atom. The molecule has 94 valence electrons. The minimum atomic E-state index is -4.62. The Balaban J connectivity index is 2.10. The summed E-state index contributed by atoms with van der Waals surface area (Å²) in [5.74, 6) is 0.140. The molecular formula is C12H14F3NO. The summed E-state index contributed by atoms with van der Waals surface area (Å²) in [5, 5.41) is 3.24. The minimum Gasteiger partial charge on any atom is -0.406 e. The molecule has 0 saturated carbocycles. The van der Waals surface area contributed by atoms with Crippen LogP contribution in [0.2, 0.25) is 0 Å². The van der Waals surface area contributed by atoms with Crippen LogP contribution in [0.15, 0.2) is 24.3 Å². The van der Waals surface area contributed by atoms with Crippen molar-refractivity contribution in [2.24, 2.45) is 0 Å². The molecular weight excluding hydrogens is 231 g/mol. The molecule has 5 heteroatoms. The lowest BCUT2D eigenvalue weighted by atomic mass is 9.92. The van der Waals surface area contributed by atoms with E-state index >= 15 is 0 Å². The van der Waals surface area contributed by atoms with Crippen molar-refractivity contribution in [3.63, 3.8) is 0 Å². The van der Waals surface area contributed by atoms with Gasteiger partial charge in [-0.25, -0.2) is 0 Å². The molecule has 17 heavy (non-hydrogen) atoms. The van der Waals surface area contributed by atoms with E-state index in [-0.39, 0.29) is 11.7 Å². The summed E-state index contributed by atoms with van der Waals surface area (Å²) in [5.41, 5.74) is 0.902. The molecule has 0 amide bonds. The molecule has 0 spiro atoms. The summed E-state index contributed by atoms with van der Waals surface area (Å²) in [6.07, 6.45) is -2.57. The highest BCUT2D eigenvalue weighted by Gasteiger charge is 2.31. The van der Waals surface area contributed by atoms with Gasteiger partial charge in [-0.2, -0.15) is 0 Å². The summed E-state index contributed by atoms with van der Waals surface area (Å²) >= 11 is 0. The van der Waals surface area contributed by atoms with E-state index in [1.807, 2.05) is 6.07 Å². The molecule has 1 aliphatic rings. The van der Waals surface area contributed by atoms with Crippen LogP contribution in [0.25, 0.3) is 0 Å². The number of piperidine rings is 1. The fourth-order valence-corrected chi connectivity index (χ4v) is 2.10. The zero-order chi connectivity index (χ0) is 12.3. The maximum atomic E-state index is 12.1. The Morgan fingerprint density at radius 1 is 1.29 bits per heavy atom. The molecule has 2 rings (SSSR count). The number of hydrogen-bond donors (Lipinski definition) is 1. The van der Waals surface area contributed by atoms with E-state index in [1.54, 1.807) is 6.07 Å². The third kappa shape index (κ3) is 3.63. The minimum absolute atomic E-state index is 0.138. The van der Waals surface area contributed by atoms with Crippen molar-refractivity contribution in [2.75, 3.05) is 13.1 Å². The van der Waals surface area contributed by atoms with E-state index in [1.165, 1.54) is 12.1 Å². The Bertz CT molecular complexity index is 372. The standard InChI is InChI=1S/C12H14F3NO/c13-12(14,15)17-11-5-1-3-9(7-11)10-4-2-6-16-8-10/h1,3,5,7,10,16H,2,4,6,8H2/t10-/m1/s1. The van der Waals surface area contributed by atoms with Gasteiger partial charge in [0, 0.05) is 6.54 Å². The first-order valence-electron chi connectivity index (χ1n) is 5.61. The SMILES string of the molecule is FC(F)(F)Oc1cccc([C@@H]2CCCNC2)c1. The summed E-state index contributed by atoms with van der Waals surface area (Å²) in [4.78, 5) is 0. The third-order valence-electron chi connectivity index (χ3n) is 2.86. The van der Waals surface area contributed by atoms with Crippen molar-refractivity contribution in [1.29, 1.82) is 0 Å². The number of nitrogens with one attached hydrogen (secondary N) is 1. The summed E-state index contributed by atoms with van der Waals surface area (Å²) < 4.78 is 40.2. The fraction of sp³-hybridized carbons (Fsp3) is 0.500. The van der Waals surface area contributed by atoms with Crippen LogP contribution in [0, 0.1) is 0 Å². The van der Waals surface area contributed by atoms with Gasteiger partial charge in [-0.15, -0.1) is 13.2 Å². The zero-order valence-corrected chi connectivity index (χ0v) is 9.26. The molecule has 1 N–H and O–H groups in total. The first-order valence-corrected chi connectivity index (χ1v) is 5.61. The van der Waals surface area contributed by atoms with Gasteiger partial charge in [0.2, 0.25) is 0 Å². The second-order valence-corrected chi connectivity index (χ2v) is 4.16. The lowest BCUT2D eigenvalue weighted by molar-refractivity contribution is -0.274. The second-order valence-electron chi connectivity index (χ2n) is 4.16. The molecule has 0 radical (unpaired) electrons. The summed E-state index contributed by atoms with van der Waals surface area (Å²) in [6.45, 7) is 1.80. The van der Waals surface area contributed by atoms with E-state index < -0.39 is 6.36 Å². The lowest BCUT2D eigenvalue weighted by Crippen LogP contribution is -2.28. The largest absolute Gasteiger partial charge is 0.573 e. The van der Waals surface area contributed by atoms with E-state index in [0.29, 0.717) is 0 Å². The number of halogens is 3. The van der Waals surface area contributed by atoms with Gasteiger partial charge >= 0.3 is 6.36 Å². The van der Waals surface area contributed by atoms with Crippen LogP contribution in [0.5, 0.6) is 5.75 Å². The molecule has 1 aromatic rings. The molecule has 1 fully saturated rings. The highest BCUT2D eigenvalue weighted by molar-refractivity contribution is 5.31. The molecule has 0 aromatic heterocycles. The number of benzene rings is 1. The van der Waals surface area contributed by atoms with Gasteiger partial charge in [-0.3, -0.25) is 0 Å². The highest BCUT2D eigenvalue weighted by Crippen LogP contribution is 2.28. The van der Waals surface area contributed by atoms with Gasteiger partial charge < -0.3 is 10.1 Å². The topological polar surface area (TPSA) is 21.3 Å². The Kier molecular flexibility index (Phi) is 3.57. The Morgan fingerprint density at radius 3 is 2.76 bits per heavy atom. The number of hydrogen-bond acceptors (Lipinski definition) is 2. The van der Waals surface area contributed by atoms with Crippen LogP contribution in [0.3, 0.4) is 0 Å². The van der Waals surface area contributed by atoms with Gasteiger partial charge in [0.15, 0.2) is 0 Å². The van der Waals surface area contributed by atoms with E-state index in [2.05, 4.69) is 10.1 Å². The molecule has 1 atom stereocenters. The molecule has 1 aliphatic heterocycles. The quantitative estimate of drug-likeness (QED) is 0.864.